The normalized spacial score (nSPS) is 27.0. The Bertz CT molecular complexity index is 815. The van der Waals surface area contributed by atoms with Crippen molar-refractivity contribution in [3.05, 3.63) is 29.3 Å². The lowest BCUT2D eigenvalue weighted by molar-refractivity contribution is -0.120. The molecule has 24 heavy (non-hydrogen) atoms. The number of benzene rings is 1. The lowest BCUT2D eigenvalue weighted by atomic mass is 10.1. The Labute approximate surface area is 147 Å². The van der Waals surface area contributed by atoms with Gasteiger partial charge in [0.25, 0.3) is 5.91 Å². The number of hydrogen-bond acceptors (Lipinski definition) is 4. The van der Waals surface area contributed by atoms with E-state index in [1.54, 1.807) is 0 Å². The number of aliphatic imine (C=N–C) groups is 1. The van der Waals surface area contributed by atoms with Crippen LogP contribution in [0.5, 0.6) is 0 Å². The van der Waals surface area contributed by atoms with Crippen LogP contribution in [0.4, 0.5) is 5.69 Å². The van der Waals surface area contributed by atoms with Crippen molar-refractivity contribution in [2.45, 2.75) is 39.0 Å². The molecule has 0 N–H and O–H groups in total. The van der Waals surface area contributed by atoms with Crippen LogP contribution in [0.3, 0.4) is 0 Å². The summed E-state index contributed by atoms with van der Waals surface area (Å²) in [5, 5.41) is 0.567. The average Bonchev–Trinajstić information content (AvgIpc) is 2.93. The summed E-state index contributed by atoms with van der Waals surface area (Å²) in [6.45, 7) is 7.70. The highest BCUT2D eigenvalue weighted by atomic mass is 32.2. The van der Waals surface area contributed by atoms with Crippen molar-refractivity contribution in [1.29, 1.82) is 0 Å². The van der Waals surface area contributed by atoms with E-state index in [1.807, 2.05) is 50.8 Å². The van der Waals surface area contributed by atoms with Crippen molar-refractivity contribution in [1.82, 2.24) is 0 Å². The number of anilines is 1. The number of carbonyl (C=O) groups excluding carboxylic acids is 1. The van der Waals surface area contributed by atoms with Gasteiger partial charge in [-0.1, -0.05) is 31.7 Å². The summed E-state index contributed by atoms with van der Waals surface area (Å²) < 4.78 is 24.1. The number of aryl methyl sites for hydroxylation is 2. The minimum absolute atomic E-state index is 0.0599. The first-order valence-corrected chi connectivity index (χ1v) is 10.7. The van der Waals surface area contributed by atoms with Gasteiger partial charge in [0.2, 0.25) is 0 Å². The van der Waals surface area contributed by atoms with Gasteiger partial charge in [0.1, 0.15) is 0 Å². The average molecular weight is 367 g/mol. The largest absolute Gasteiger partial charge is 0.316 e. The van der Waals surface area contributed by atoms with Gasteiger partial charge >= 0.3 is 0 Å². The first-order chi connectivity index (χ1) is 11.2. The zero-order valence-corrected chi connectivity index (χ0v) is 15.9. The number of amides is 1. The predicted molar refractivity (Wildman–Crippen MR) is 99.5 cm³/mol. The molecule has 2 fully saturated rings. The van der Waals surface area contributed by atoms with Crippen molar-refractivity contribution >= 4 is 38.4 Å². The minimum Gasteiger partial charge on any atom is -0.316 e. The number of carbonyl (C=O) groups is 1. The molecule has 0 bridgehead atoms. The fourth-order valence-corrected chi connectivity index (χ4v) is 6.88. The van der Waals surface area contributed by atoms with E-state index in [1.165, 1.54) is 17.3 Å². The van der Waals surface area contributed by atoms with Gasteiger partial charge < -0.3 is 4.90 Å². The summed E-state index contributed by atoms with van der Waals surface area (Å²) in [7, 11) is -3.04. The molecular formula is C17H22N2O3S2. The van der Waals surface area contributed by atoms with E-state index in [2.05, 4.69) is 4.99 Å². The number of thioether (sulfide) groups is 1. The molecule has 130 valence electrons. The van der Waals surface area contributed by atoms with Crippen molar-refractivity contribution in [2.24, 2.45) is 10.9 Å². The smallest absolute Gasteiger partial charge is 0.250 e. The van der Waals surface area contributed by atoms with Crippen molar-refractivity contribution in [3.63, 3.8) is 0 Å². The third-order valence-electron chi connectivity index (χ3n) is 4.53. The molecule has 0 aromatic heterocycles. The maximum atomic E-state index is 12.1. The Balaban J connectivity index is 2.04. The van der Waals surface area contributed by atoms with E-state index >= 15 is 0 Å². The van der Waals surface area contributed by atoms with Crippen molar-refractivity contribution < 1.29 is 13.2 Å². The SMILES string of the molecule is Cc1ccc(N2C(=NC(=O)C(C)C)S[C@@H]3CS(=O)(=O)C[C@H]32)cc1C. The molecule has 0 aliphatic carbocycles. The molecular weight excluding hydrogens is 344 g/mol. The van der Waals surface area contributed by atoms with Crippen LogP contribution >= 0.6 is 11.8 Å². The van der Waals surface area contributed by atoms with Crippen LogP contribution in [0.25, 0.3) is 0 Å². The van der Waals surface area contributed by atoms with Gasteiger partial charge in [0.05, 0.1) is 17.5 Å². The highest BCUT2D eigenvalue weighted by molar-refractivity contribution is 8.16. The van der Waals surface area contributed by atoms with Gasteiger partial charge in [-0.2, -0.15) is 4.99 Å². The Morgan fingerprint density at radius 3 is 2.58 bits per heavy atom. The highest BCUT2D eigenvalue weighted by Gasteiger charge is 2.49. The van der Waals surface area contributed by atoms with E-state index in [0.29, 0.717) is 5.17 Å². The van der Waals surface area contributed by atoms with Gasteiger partial charge in [-0.3, -0.25) is 4.79 Å². The molecule has 2 heterocycles. The molecule has 0 radical (unpaired) electrons. The molecule has 2 aliphatic rings. The first kappa shape index (κ1) is 17.5. The quantitative estimate of drug-likeness (QED) is 0.805. The van der Waals surface area contributed by atoms with Crippen LogP contribution in [0, 0.1) is 19.8 Å². The predicted octanol–water partition coefficient (Wildman–Crippen LogP) is 2.56. The molecule has 5 nitrogen and oxygen atoms in total. The number of rotatable bonds is 2. The monoisotopic (exact) mass is 366 g/mol. The third-order valence-corrected chi connectivity index (χ3v) is 7.74. The Morgan fingerprint density at radius 2 is 1.96 bits per heavy atom. The molecule has 1 aromatic carbocycles. The van der Waals surface area contributed by atoms with Gasteiger partial charge in [0, 0.05) is 16.9 Å². The molecule has 0 saturated carbocycles. The third kappa shape index (κ3) is 3.24. The molecule has 1 amide bonds. The number of hydrogen-bond donors (Lipinski definition) is 0. The number of nitrogens with zero attached hydrogens (tertiary/aromatic N) is 2. The van der Waals surface area contributed by atoms with E-state index in [9.17, 15) is 13.2 Å². The molecule has 1 aromatic rings. The molecule has 2 saturated heterocycles. The highest BCUT2D eigenvalue weighted by Crippen LogP contribution is 2.41. The Kier molecular flexibility index (Phi) is 4.51. The molecule has 0 unspecified atom stereocenters. The van der Waals surface area contributed by atoms with Gasteiger partial charge in [-0.25, -0.2) is 8.42 Å². The van der Waals surface area contributed by atoms with Crippen LogP contribution < -0.4 is 4.90 Å². The number of sulfone groups is 1. The lowest BCUT2D eigenvalue weighted by Gasteiger charge is -2.25. The minimum atomic E-state index is -3.04. The molecule has 3 rings (SSSR count). The summed E-state index contributed by atoms with van der Waals surface area (Å²) in [6, 6.07) is 5.89. The van der Waals surface area contributed by atoms with Gasteiger partial charge in [0.15, 0.2) is 15.0 Å². The number of amidine groups is 1. The fraction of sp³-hybridized carbons (Fsp3) is 0.529. The summed E-state index contributed by atoms with van der Waals surface area (Å²) in [5.41, 5.74) is 3.22. The van der Waals surface area contributed by atoms with Crippen molar-refractivity contribution in [2.75, 3.05) is 16.4 Å². The standard InChI is InChI=1S/C17H22N2O3S2/c1-10(2)16(20)18-17-19(13-6-5-11(3)12(4)7-13)14-8-24(21,22)9-15(14)23-17/h5-7,10,14-15H,8-9H2,1-4H3/t14-,15-/m1/s1. The fourth-order valence-electron chi connectivity index (χ4n) is 2.97. The zero-order chi connectivity index (χ0) is 17.6. The second-order valence-electron chi connectivity index (χ2n) is 6.83. The van der Waals surface area contributed by atoms with Crippen LogP contribution in [0.15, 0.2) is 23.2 Å². The topological polar surface area (TPSA) is 66.8 Å². The second-order valence-corrected chi connectivity index (χ2v) is 10.2. The van der Waals surface area contributed by atoms with E-state index in [-0.39, 0.29) is 34.6 Å². The van der Waals surface area contributed by atoms with Crippen LogP contribution in [-0.4, -0.2) is 42.3 Å². The summed E-state index contributed by atoms with van der Waals surface area (Å²) in [5.74, 6) is -0.0801. The molecule has 7 heteroatoms. The maximum Gasteiger partial charge on any atom is 0.250 e. The number of fused-ring (bicyclic) bond motifs is 1. The molecule has 0 spiro atoms. The van der Waals surface area contributed by atoms with Crippen LogP contribution in [0.2, 0.25) is 0 Å². The van der Waals surface area contributed by atoms with E-state index < -0.39 is 9.84 Å². The van der Waals surface area contributed by atoms with Crippen molar-refractivity contribution in [3.8, 4) is 0 Å². The first-order valence-electron chi connectivity index (χ1n) is 8.04. The lowest BCUT2D eigenvalue weighted by Crippen LogP contribution is -2.37. The Morgan fingerprint density at radius 1 is 1.25 bits per heavy atom. The molecule has 2 atom stereocenters. The Hall–Kier alpha value is -1.34. The summed E-state index contributed by atoms with van der Waals surface area (Å²) in [6.07, 6.45) is 0. The maximum absolute atomic E-state index is 12.1. The zero-order valence-electron chi connectivity index (χ0n) is 14.3. The summed E-state index contributed by atoms with van der Waals surface area (Å²) in [4.78, 5) is 18.3. The van der Waals surface area contributed by atoms with E-state index in [0.717, 1.165) is 11.3 Å². The van der Waals surface area contributed by atoms with Crippen LogP contribution in [0.1, 0.15) is 25.0 Å². The second kappa shape index (κ2) is 6.19. The summed E-state index contributed by atoms with van der Waals surface area (Å²) >= 11 is 1.42. The van der Waals surface area contributed by atoms with E-state index in [4.69, 9.17) is 0 Å². The van der Waals surface area contributed by atoms with Crippen LogP contribution in [-0.2, 0) is 14.6 Å². The van der Waals surface area contributed by atoms with Gasteiger partial charge in [-0.05, 0) is 37.1 Å². The van der Waals surface area contributed by atoms with Gasteiger partial charge in [-0.15, -0.1) is 0 Å². The molecule has 2 aliphatic heterocycles.